The molecule has 1 unspecified atom stereocenters. The van der Waals surface area contributed by atoms with E-state index in [0.29, 0.717) is 12.3 Å². The van der Waals surface area contributed by atoms with Gasteiger partial charge < -0.3 is 4.74 Å². The summed E-state index contributed by atoms with van der Waals surface area (Å²) in [5.41, 5.74) is 2.81. The zero-order valence-electron chi connectivity index (χ0n) is 13.9. The molecule has 120 valence electrons. The van der Waals surface area contributed by atoms with Crippen LogP contribution in [0.2, 0.25) is 0 Å². The van der Waals surface area contributed by atoms with Crippen LogP contribution in [0, 0.1) is 5.92 Å². The first kappa shape index (κ1) is 16.9. The molecule has 0 saturated heterocycles. The molecule has 0 aliphatic rings. The van der Waals surface area contributed by atoms with Crippen molar-refractivity contribution >= 4 is 11.7 Å². The molecular weight excluding hydrogens is 286 g/mol. The number of nitrogens with zero attached hydrogens (tertiary/aromatic N) is 1. The maximum atomic E-state index is 12.1. The van der Waals surface area contributed by atoms with Gasteiger partial charge in [0.25, 0.3) is 0 Å². The van der Waals surface area contributed by atoms with Crippen molar-refractivity contribution in [1.29, 1.82) is 0 Å². The van der Waals surface area contributed by atoms with Crippen LogP contribution in [0.1, 0.15) is 31.4 Å². The number of hydrogen-bond donors (Lipinski definition) is 0. The number of hydrogen-bond acceptors (Lipinski definition) is 3. The maximum Gasteiger partial charge on any atom is 0.330 e. The molecule has 2 rings (SSSR count). The largest absolute Gasteiger partial charge is 0.467 e. The Bertz CT molecular complexity index is 606. The summed E-state index contributed by atoms with van der Waals surface area (Å²) in [4.78, 5) is 16.9. The van der Waals surface area contributed by atoms with Crippen molar-refractivity contribution in [2.45, 2.75) is 26.3 Å². The molecule has 23 heavy (non-hydrogen) atoms. The van der Waals surface area contributed by atoms with Crippen LogP contribution in [0.25, 0.3) is 0 Å². The number of esters is 1. The second-order valence-corrected chi connectivity index (χ2v) is 5.88. The van der Waals surface area contributed by atoms with E-state index in [4.69, 9.17) is 9.73 Å². The molecule has 0 N–H and O–H groups in total. The standard InChI is InChI=1S/C20H23NO2/c1-15(2)14-18(20(22)23-3)21-19(16-10-6-4-7-11-16)17-12-8-5-9-13-17/h4-13,15,18H,14H2,1-3H3. The Morgan fingerprint density at radius 3 is 1.83 bits per heavy atom. The minimum absolute atomic E-state index is 0.289. The first-order chi connectivity index (χ1) is 11.1. The molecular formula is C20H23NO2. The summed E-state index contributed by atoms with van der Waals surface area (Å²) >= 11 is 0. The molecule has 1 atom stereocenters. The molecule has 0 aliphatic heterocycles. The van der Waals surface area contributed by atoms with Crippen LogP contribution in [-0.2, 0) is 9.53 Å². The summed E-state index contributed by atoms with van der Waals surface area (Å²) in [5, 5.41) is 0. The van der Waals surface area contributed by atoms with Crippen molar-refractivity contribution in [3.8, 4) is 0 Å². The Kier molecular flexibility index (Phi) is 6.10. The van der Waals surface area contributed by atoms with E-state index in [1.165, 1.54) is 7.11 Å². The van der Waals surface area contributed by atoms with E-state index in [2.05, 4.69) is 13.8 Å². The number of benzene rings is 2. The second kappa shape index (κ2) is 8.28. The van der Waals surface area contributed by atoms with Crippen LogP contribution in [0.15, 0.2) is 65.7 Å². The average molecular weight is 309 g/mol. The van der Waals surface area contributed by atoms with E-state index in [-0.39, 0.29) is 5.97 Å². The van der Waals surface area contributed by atoms with E-state index in [0.717, 1.165) is 16.8 Å². The highest BCUT2D eigenvalue weighted by Gasteiger charge is 2.21. The Morgan fingerprint density at radius 1 is 0.957 bits per heavy atom. The van der Waals surface area contributed by atoms with Gasteiger partial charge in [-0.05, 0) is 12.3 Å². The van der Waals surface area contributed by atoms with Gasteiger partial charge in [-0.15, -0.1) is 0 Å². The van der Waals surface area contributed by atoms with E-state index in [1.54, 1.807) is 0 Å². The topological polar surface area (TPSA) is 38.7 Å². The summed E-state index contributed by atoms with van der Waals surface area (Å²) < 4.78 is 4.94. The fraction of sp³-hybridized carbons (Fsp3) is 0.300. The van der Waals surface area contributed by atoms with E-state index < -0.39 is 6.04 Å². The number of ether oxygens (including phenoxy) is 1. The molecule has 0 saturated carbocycles. The summed E-state index contributed by atoms with van der Waals surface area (Å²) in [6.07, 6.45) is 0.663. The summed E-state index contributed by atoms with van der Waals surface area (Å²) in [5.74, 6) is 0.0682. The molecule has 0 fully saturated rings. The summed E-state index contributed by atoms with van der Waals surface area (Å²) in [6.45, 7) is 4.16. The van der Waals surface area contributed by atoms with Crippen molar-refractivity contribution < 1.29 is 9.53 Å². The molecule has 0 radical (unpaired) electrons. The number of rotatable bonds is 6. The molecule has 3 heteroatoms. The molecule has 0 heterocycles. The molecule has 2 aromatic rings. The summed E-state index contributed by atoms with van der Waals surface area (Å²) in [6, 6.07) is 19.4. The van der Waals surface area contributed by atoms with Gasteiger partial charge in [-0.1, -0.05) is 74.5 Å². The third-order valence-electron chi connectivity index (χ3n) is 3.55. The Hall–Kier alpha value is -2.42. The van der Waals surface area contributed by atoms with Crippen LogP contribution < -0.4 is 0 Å². The number of carbonyl (C=O) groups excluding carboxylic acids is 1. The highest BCUT2D eigenvalue weighted by Crippen LogP contribution is 2.16. The smallest absolute Gasteiger partial charge is 0.330 e. The van der Waals surface area contributed by atoms with Gasteiger partial charge in [0.2, 0.25) is 0 Å². The van der Waals surface area contributed by atoms with Crippen LogP contribution in [0.3, 0.4) is 0 Å². The third-order valence-corrected chi connectivity index (χ3v) is 3.55. The Labute approximate surface area is 138 Å². The fourth-order valence-corrected chi connectivity index (χ4v) is 2.45. The number of carbonyl (C=O) groups is 1. The van der Waals surface area contributed by atoms with Crippen LogP contribution in [0.4, 0.5) is 0 Å². The van der Waals surface area contributed by atoms with Crippen molar-refractivity contribution in [2.24, 2.45) is 10.9 Å². The molecule has 3 nitrogen and oxygen atoms in total. The van der Waals surface area contributed by atoms with E-state index >= 15 is 0 Å². The van der Waals surface area contributed by atoms with Crippen LogP contribution in [-0.4, -0.2) is 24.8 Å². The SMILES string of the molecule is COC(=O)C(CC(C)C)N=C(c1ccccc1)c1ccccc1. The molecule has 2 aromatic carbocycles. The lowest BCUT2D eigenvalue weighted by Crippen LogP contribution is -2.24. The fourth-order valence-electron chi connectivity index (χ4n) is 2.45. The van der Waals surface area contributed by atoms with Crippen LogP contribution >= 0.6 is 0 Å². The predicted molar refractivity (Wildman–Crippen MR) is 93.8 cm³/mol. The lowest BCUT2D eigenvalue weighted by atomic mass is 10.00. The molecule has 0 amide bonds. The zero-order valence-corrected chi connectivity index (χ0v) is 13.9. The normalized spacial score (nSPS) is 11.8. The minimum Gasteiger partial charge on any atom is -0.467 e. The van der Waals surface area contributed by atoms with Gasteiger partial charge in [0.05, 0.1) is 12.8 Å². The second-order valence-electron chi connectivity index (χ2n) is 5.88. The average Bonchev–Trinajstić information content (AvgIpc) is 2.59. The third kappa shape index (κ3) is 4.78. The zero-order chi connectivity index (χ0) is 16.7. The molecule has 0 bridgehead atoms. The highest BCUT2D eigenvalue weighted by atomic mass is 16.5. The first-order valence-corrected chi connectivity index (χ1v) is 7.88. The Balaban J connectivity index is 2.49. The van der Waals surface area contributed by atoms with E-state index in [1.807, 2.05) is 60.7 Å². The highest BCUT2D eigenvalue weighted by molar-refractivity contribution is 6.13. The maximum absolute atomic E-state index is 12.1. The monoisotopic (exact) mass is 309 g/mol. The van der Waals surface area contributed by atoms with Crippen LogP contribution in [0.5, 0.6) is 0 Å². The van der Waals surface area contributed by atoms with Gasteiger partial charge in [-0.3, -0.25) is 4.99 Å². The van der Waals surface area contributed by atoms with Gasteiger partial charge in [0.15, 0.2) is 0 Å². The number of methoxy groups -OCH3 is 1. The lowest BCUT2D eigenvalue weighted by molar-refractivity contribution is -0.142. The van der Waals surface area contributed by atoms with E-state index in [9.17, 15) is 4.79 Å². The molecule has 0 aliphatic carbocycles. The minimum atomic E-state index is -0.490. The van der Waals surface area contributed by atoms with Gasteiger partial charge in [-0.2, -0.15) is 0 Å². The van der Waals surface area contributed by atoms with Crippen molar-refractivity contribution in [3.05, 3.63) is 71.8 Å². The van der Waals surface area contributed by atoms with Crippen molar-refractivity contribution in [2.75, 3.05) is 7.11 Å². The lowest BCUT2D eigenvalue weighted by Gasteiger charge is -2.16. The quantitative estimate of drug-likeness (QED) is 0.595. The van der Waals surface area contributed by atoms with Gasteiger partial charge in [0.1, 0.15) is 6.04 Å². The Morgan fingerprint density at radius 2 is 1.43 bits per heavy atom. The van der Waals surface area contributed by atoms with Gasteiger partial charge in [-0.25, -0.2) is 4.79 Å². The van der Waals surface area contributed by atoms with Gasteiger partial charge >= 0.3 is 5.97 Å². The van der Waals surface area contributed by atoms with Gasteiger partial charge in [0, 0.05) is 11.1 Å². The predicted octanol–water partition coefficient (Wildman–Crippen LogP) is 4.11. The summed E-state index contributed by atoms with van der Waals surface area (Å²) in [7, 11) is 1.41. The van der Waals surface area contributed by atoms with Crippen molar-refractivity contribution in [3.63, 3.8) is 0 Å². The first-order valence-electron chi connectivity index (χ1n) is 7.88. The molecule has 0 aromatic heterocycles. The van der Waals surface area contributed by atoms with Crippen molar-refractivity contribution in [1.82, 2.24) is 0 Å². The molecule has 0 spiro atoms. The number of aliphatic imine (C=N–C) groups is 1.